The smallest absolute Gasteiger partial charge is 0.185 e. The lowest BCUT2D eigenvalue weighted by Gasteiger charge is -2.26. The van der Waals surface area contributed by atoms with Gasteiger partial charge in [0.05, 0.1) is 12.3 Å². The van der Waals surface area contributed by atoms with Crippen LogP contribution in [0.3, 0.4) is 0 Å². The standard InChI is InChI=1S/C14H26N4OS/c1-17(2)10-13-5-4-7-18(13)14-16-12(11-20-14)9-15-6-8-19-3/h11,13,15H,4-10H2,1-3H3. The molecule has 0 amide bonds. The average Bonchev–Trinajstić information content (AvgIpc) is 3.02. The zero-order valence-corrected chi connectivity index (χ0v) is 13.6. The van der Waals surface area contributed by atoms with Gasteiger partial charge < -0.3 is 19.9 Å². The number of anilines is 1. The van der Waals surface area contributed by atoms with Crippen LogP contribution in [0, 0.1) is 0 Å². The molecule has 1 aromatic rings. The fraction of sp³-hybridized carbons (Fsp3) is 0.786. The van der Waals surface area contributed by atoms with Crippen molar-refractivity contribution < 1.29 is 4.74 Å². The number of hydrogen-bond acceptors (Lipinski definition) is 6. The Hall–Kier alpha value is -0.690. The molecule has 1 N–H and O–H groups in total. The van der Waals surface area contributed by atoms with Crippen LogP contribution in [0.2, 0.25) is 0 Å². The van der Waals surface area contributed by atoms with Crippen molar-refractivity contribution in [3.8, 4) is 0 Å². The van der Waals surface area contributed by atoms with Gasteiger partial charge in [0.25, 0.3) is 0 Å². The van der Waals surface area contributed by atoms with Gasteiger partial charge >= 0.3 is 0 Å². The summed E-state index contributed by atoms with van der Waals surface area (Å²) in [5.41, 5.74) is 1.14. The second-order valence-electron chi connectivity index (χ2n) is 5.54. The highest BCUT2D eigenvalue weighted by Crippen LogP contribution is 2.28. The molecule has 0 aromatic carbocycles. The van der Waals surface area contributed by atoms with E-state index >= 15 is 0 Å². The van der Waals surface area contributed by atoms with Crippen LogP contribution in [0.25, 0.3) is 0 Å². The van der Waals surface area contributed by atoms with Crippen molar-refractivity contribution >= 4 is 16.5 Å². The molecule has 2 rings (SSSR count). The predicted octanol–water partition coefficient (Wildman–Crippen LogP) is 1.41. The minimum absolute atomic E-state index is 0.616. The molecule has 0 radical (unpaired) electrons. The summed E-state index contributed by atoms with van der Waals surface area (Å²) in [7, 11) is 6.01. The Balaban J connectivity index is 1.87. The van der Waals surface area contributed by atoms with Gasteiger partial charge in [0, 0.05) is 44.7 Å². The average molecular weight is 298 g/mol. The number of nitrogens with zero attached hydrogens (tertiary/aromatic N) is 3. The lowest BCUT2D eigenvalue weighted by molar-refractivity contribution is 0.199. The second kappa shape index (κ2) is 7.93. The molecule has 0 saturated carbocycles. The number of ether oxygens (including phenoxy) is 1. The van der Waals surface area contributed by atoms with Gasteiger partial charge in [-0.2, -0.15) is 0 Å². The third-order valence-electron chi connectivity index (χ3n) is 3.53. The van der Waals surface area contributed by atoms with E-state index in [-0.39, 0.29) is 0 Å². The summed E-state index contributed by atoms with van der Waals surface area (Å²) in [5.74, 6) is 0. The lowest BCUT2D eigenvalue weighted by atomic mass is 10.2. The summed E-state index contributed by atoms with van der Waals surface area (Å²) in [6.07, 6.45) is 2.55. The maximum Gasteiger partial charge on any atom is 0.185 e. The first-order valence-corrected chi connectivity index (χ1v) is 8.14. The van der Waals surface area contributed by atoms with Crippen molar-refractivity contribution in [1.82, 2.24) is 15.2 Å². The number of rotatable bonds is 8. The maximum absolute atomic E-state index is 5.02. The monoisotopic (exact) mass is 298 g/mol. The zero-order valence-electron chi connectivity index (χ0n) is 12.8. The Morgan fingerprint density at radius 2 is 2.40 bits per heavy atom. The van der Waals surface area contributed by atoms with E-state index in [2.05, 4.69) is 34.6 Å². The van der Waals surface area contributed by atoms with E-state index in [1.807, 2.05) is 0 Å². The van der Waals surface area contributed by atoms with Crippen molar-refractivity contribution in [3.05, 3.63) is 11.1 Å². The Labute approximate surface area is 125 Å². The highest BCUT2D eigenvalue weighted by molar-refractivity contribution is 7.13. The van der Waals surface area contributed by atoms with Gasteiger partial charge in [0.1, 0.15) is 0 Å². The van der Waals surface area contributed by atoms with Crippen LogP contribution >= 0.6 is 11.3 Å². The van der Waals surface area contributed by atoms with Gasteiger partial charge in [-0.1, -0.05) is 0 Å². The van der Waals surface area contributed by atoms with E-state index in [1.165, 1.54) is 18.0 Å². The molecule has 20 heavy (non-hydrogen) atoms. The van der Waals surface area contributed by atoms with Gasteiger partial charge in [-0.25, -0.2) is 4.98 Å². The Kier molecular flexibility index (Phi) is 6.22. The summed E-state index contributed by atoms with van der Waals surface area (Å²) >= 11 is 1.77. The third kappa shape index (κ3) is 4.41. The largest absolute Gasteiger partial charge is 0.383 e. The van der Waals surface area contributed by atoms with Crippen molar-refractivity contribution in [2.24, 2.45) is 0 Å². The van der Waals surface area contributed by atoms with Crippen LogP contribution in [0.4, 0.5) is 5.13 Å². The number of thiazole rings is 1. The molecule has 1 aromatic heterocycles. The third-order valence-corrected chi connectivity index (χ3v) is 4.45. The van der Waals surface area contributed by atoms with Crippen LogP contribution in [-0.4, -0.2) is 63.4 Å². The molecule has 6 heteroatoms. The van der Waals surface area contributed by atoms with Crippen molar-refractivity contribution in [1.29, 1.82) is 0 Å². The molecule has 0 bridgehead atoms. The molecule has 1 saturated heterocycles. The quantitative estimate of drug-likeness (QED) is 0.735. The molecule has 0 spiro atoms. The van der Waals surface area contributed by atoms with E-state index in [9.17, 15) is 0 Å². The van der Waals surface area contributed by atoms with Crippen LogP contribution in [0.5, 0.6) is 0 Å². The Bertz CT molecular complexity index is 396. The number of aromatic nitrogens is 1. The fourth-order valence-electron chi connectivity index (χ4n) is 2.60. The number of nitrogens with one attached hydrogen (secondary N) is 1. The first-order valence-electron chi connectivity index (χ1n) is 7.26. The van der Waals surface area contributed by atoms with E-state index in [4.69, 9.17) is 9.72 Å². The van der Waals surface area contributed by atoms with Crippen LogP contribution in [0.1, 0.15) is 18.5 Å². The number of methoxy groups -OCH3 is 1. The summed E-state index contributed by atoms with van der Waals surface area (Å²) < 4.78 is 5.02. The maximum atomic E-state index is 5.02. The van der Waals surface area contributed by atoms with Gasteiger partial charge in [0.2, 0.25) is 0 Å². The molecular formula is C14H26N4OS. The number of likely N-dealkylation sites (N-methyl/N-ethyl adjacent to an activating group) is 1. The van der Waals surface area contributed by atoms with E-state index < -0.39 is 0 Å². The minimum Gasteiger partial charge on any atom is -0.383 e. The molecule has 1 aliphatic heterocycles. The first kappa shape index (κ1) is 15.7. The van der Waals surface area contributed by atoms with Crippen molar-refractivity contribution in [2.45, 2.75) is 25.4 Å². The van der Waals surface area contributed by atoms with E-state index in [0.29, 0.717) is 6.04 Å². The van der Waals surface area contributed by atoms with Gasteiger partial charge in [-0.3, -0.25) is 0 Å². The molecule has 1 unspecified atom stereocenters. The topological polar surface area (TPSA) is 40.6 Å². The zero-order chi connectivity index (χ0) is 14.4. The summed E-state index contributed by atoms with van der Waals surface area (Å²) in [4.78, 5) is 9.51. The van der Waals surface area contributed by atoms with Gasteiger partial charge in [0.15, 0.2) is 5.13 Å². The molecule has 1 aliphatic rings. The van der Waals surface area contributed by atoms with Crippen LogP contribution in [0.15, 0.2) is 5.38 Å². The molecule has 114 valence electrons. The highest BCUT2D eigenvalue weighted by Gasteiger charge is 2.27. The highest BCUT2D eigenvalue weighted by atomic mass is 32.1. The predicted molar refractivity (Wildman–Crippen MR) is 84.6 cm³/mol. The van der Waals surface area contributed by atoms with Crippen molar-refractivity contribution in [3.63, 3.8) is 0 Å². The van der Waals surface area contributed by atoms with Crippen LogP contribution < -0.4 is 10.2 Å². The SMILES string of the molecule is COCCNCc1csc(N2CCCC2CN(C)C)n1. The summed E-state index contributed by atoms with van der Waals surface area (Å²) in [5, 5.41) is 6.69. The normalized spacial score (nSPS) is 19.2. The number of hydrogen-bond donors (Lipinski definition) is 1. The molecular weight excluding hydrogens is 272 g/mol. The minimum atomic E-state index is 0.616. The molecule has 5 nitrogen and oxygen atoms in total. The Morgan fingerprint density at radius 1 is 1.55 bits per heavy atom. The molecule has 0 aliphatic carbocycles. The van der Waals surface area contributed by atoms with Crippen molar-refractivity contribution in [2.75, 3.05) is 52.3 Å². The van der Waals surface area contributed by atoms with Gasteiger partial charge in [-0.15, -0.1) is 11.3 Å². The molecule has 1 atom stereocenters. The summed E-state index contributed by atoms with van der Waals surface area (Å²) in [6, 6.07) is 0.616. The molecule has 1 fully saturated rings. The van der Waals surface area contributed by atoms with E-state index in [1.54, 1.807) is 18.4 Å². The van der Waals surface area contributed by atoms with Gasteiger partial charge in [-0.05, 0) is 26.9 Å². The van der Waals surface area contributed by atoms with Crippen LogP contribution in [-0.2, 0) is 11.3 Å². The lowest BCUT2D eigenvalue weighted by Crippen LogP contribution is -2.37. The van der Waals surface area contributed by atoms with E-state index in [0.717, 1.165) is 38.5 Å². The fourth-order valence-corrected chi connectivity index (χ4v) is 3.52. The molecule has 2 heterocycles. The second-order valence-corrected chi connectivity index (χ2v) is 6.38. The first-order chi connectivity index (χ1) is 9.70. The summed E-state index contributed by atoms with van der Waals surface area (Å²) in [6.45, 7) is 4.69. The Morgan fingerprint density at radius 3 is 3.15 bits per heavy atom.